The molecule has 0 spiro atoms. The zero-order valence-electron chi connectivity index (χ0n) is 22.5. The van der Waals surface area contributed by atoms with E-state index in [1.54, 1.807) is 30.6 Å². The van der Waals surface area contributed by atoms with Crippen molar-refractivity contribution in [1.82, 2.24) is 20.4 Å². The number of hydrogen-bond acceptors (Lipinski definition) is 8. The maximum atomic E-state index is 12.9. The molecular weight excluding hydrogens is 583 g/mol. The average molecular weight is 610 g/mol. The predicted molar refractivity (Wildman–Crippen MR) is 153 cm³/mol. The van der Waals surface area contributed by atoms with E-state index in [1.165, 1.54) is 36.4 Å². The molecule has 1 unspecified atom stereocenters. The predicted octanol–water partition coefficient (Wildman–Crippen LogP) is 5.48. The van der Waals surface area contributed by atoms with Gasteiger partial charge in [0.1, 0.15) is 0 Å². The zero-order chi connectivity index (χ0) is 30.5. The number of aliphatic hydroxyl groups excluding tert-OH is 1. The van der Waals surface area contributed by atoms with Gasteiger partial charge < -0.3 is 14.9 Å². The van der Waals surface area contributed by atoms with Crippen LogP contribution in [0, 0.1) is 0 Å². The fourth-order valence-corrected chi connectivity index (χ4v) is 5.22. The SMILES string of the molecule is O=S(=O)(Nc1ccc(CCNCC(O)c2cccnc2)cc1)c1ccc(-c2nc(-c3ccc(C(F)(F)F)cc3)no2)cc1. The van der Waals surface area contributed by atoms with Gasteiger partial charge in [-0.15, -0.1) is 0 Å². The Morgan fingerprint density at radius 2 is 1.60 bits per heavy atom. The minimum atomic E-state index is -4.45. The molecule has 43 heavy (non-hydrogen) atoms. The van der Waals surface area contributed by atoms with Gasteiger partial charge in [-0.25, -0.2) is 8.42 Å². The van der Waals surface area contributed by atoms with Crippen LogP contribution in [-0.2, 0) is 22.6 Å². The van der Waals surface area contributed by atoms with Crippen molar-refractivity contribution in [1.29, 1.82) is 0 Å². The monoisotopic (exact) mass is 609 g/mol. The molecule has 0 radical (unpaired) electrons. The fourth-order valence-electron chi connectivity index (χ4n) is 4.16. The van der Waals surface area contributed by atoms with Crippen LogP contribution in [0.1, 0.15) is 22.8 Å². The third kappa shape index (κ3) is 7.63. The van der Waals surface area contributed by atoms with Crippen LogP contribution in [0.15, 0.2) is 107 Å². The summed E-state index contributed by atoms with van der Waals surface area (Å²) >= 11 is 0. The summed E-state index contributed by atoms with van der Waals surface area (Å²) in [5.74, 6) is 0.187. The Morgan fingerprint density at radius 1 is 0.907 bits per heavy atom. The topological polar surface area (TPSA) is 130 Å². The van der Waals surface area contributed by atoms with Gasteiger partial charge in [0.2, 0.25) is 5.82 Å². The summed E-state index contributed by atoms with van der Waals surface area (Å²) in [6, 6.07) is 20.7. The minimum absolute atomic E-state index is 0.0131. The van der Waals surface area contributed by atoms with Crippen molar-refractivity contribution in [3.05, 3.63) is 114 Å². The molecule has 3 aromatic carbocycles. The normalized spacial score (nSPS) is 12.7. The van der Waals surface area contributed by atoms with E-state index in [4.69, 9.17) is 4.52 Å². The number of pyridine rings is 1. The van der Waals surface area contributed by atoms with Crippen molar-refractivity contribution < 1.29 is 31.2 Å². The third-order valence-corrected chi connectivity index (χ3v) is 7.91. The molecule has 0 bridgehead atoms. The number of alkyl halides is 3. The number of aliphatic hydroxyl groups is 1. The highest BCUT2D eigenvalue weighted by Crippen LogP contribution is 2.31. The molecule has 0 saturated carbocycles. The summed E-state index contributed by atoms with van der Waals surface area (Å²) in [6.07, 6.45) is -1.15. The van der Waals surface area contributed by atoms with Gasteiger partial charge in [0.05, 0.1) is 16.6 Å². The van der Waals surface area contributed by atoms with Crippen molar-refractivity contribution in [3.63, 3.8) is 0 Å². The average Bonchev–Trinajstić information content (AvgIpc) is 3.51. The Labute approximate surface area is 245 Å². The molecule has 0 fully saturated rings. The number of halogens is 3. The number of anilines is 1. The molecular formula is C30H26F3N5O4S. The lowest BCUT2D eigenvalue weighted by Crippen LogP contribution is -2.23. The number of sulfonamides is 1. The summed E-state index contributed by atoms with van der Waals surface area (Å²) in [7, 11) is -3.89. The second kappa shape index (κ2) is 12.7. The Bertz CT molecular complexity index is 1750. The number of hydrogen-bond donors (Lipinski definition) is 3. The van der Waals surface area contributed by atoms with Gasteiger partial charge >= 0.3 is 6.18 Å². The van der Waals surface area contributed by atoms with Crippen LogP contribution in [0.3, 0.4) is 0 Å². The molecule has 0 aliphatic carbocycles. The lowest BCUT2D eigenvalue weighted by molar-refractivity contribution is -0.137. The molecule has 9 nitrogen and oxygen atoms in total. The lowest BCUT2D eigenvalue weighted by atomic mass is 10.1. The Morgan fingerprint density at radius 3 is 2.26 bits per heavy atom. The standard InChI is InChI=1S/C30H26F3N5O4S/c31-30(32,33)24-9-5-21(6-10-24)28-36-29(42-37-28)22-7-13-26(14-8-22)43(40,41)38-25-11-3-20(4-12-25)15-17-35-19-27(39)23-2-1-16-34-18-23/h1-14,16,18,27,35,38-39H,15,17,19H2. The maximum Gasteiger partial charge on any atom is 0.416 e. The van der Waals surface area contributed by atoms with Gasteiger partial charge in [0.15, 0.2) is 0 Å². The van der Waals surface area contributed by atoms with Gasteiger partial charge in [0, 0.05) is 41.3 Å². The van der Waals surface area contributed by atoms with E-state index in [2.05, 4.69) is 25.2 Å². The van der Waals surface area contributed by atoms with Crippen LogP contribution in [0.25, 0.3) is 22.8 Å². The van der Waals surface area contributed by atoms with Crippen LogP contribution < -0.4 is 10.0 Å². The van der Waals surface area contributed by atoms with E-state index in [0.29, 0.717) is 36.3 Å². The molecule has 5 aromatic rings. The summed E-state index contributed by atoms with van der Waals surface area (Å²) in [5.41, 5.74) is 2.12. The van der Waals surface area contributed by atoms with Crippen LogP contribution in [0.5, 0.6) is 0 Å². The van der Waals surface area contributed by atoms with Crippen LogP contribution >= 0.6 is 0 Å². The Balaban J connectivity index is 1.15. The zero-order valence-corrected chi connectivity index (χ0v) is 23.3. The van der Waals surface area contributed by atoms with Crippen molar-refractivity contribution in [2.75, 3.05) is 17.8 Å². The Hall–Kier alpha value is -4.59. The van der Waals surface area contributed by atoms with E-state index in [9.17, 15) is 26.7 Å². The quantitative estimate of drug-likeness (QED) is 0.168. The molecule has 3 N–H and O–H groups in total. The first-order valence-corrected chi connectivity index (χ1v) is 14.6. The molecule has 0 saturated heterocycles. The van der Waals surface area contributed by atoms with Gasteiger partial charge in [-0.1, -0.05) is 35.5 Å². The second-order valence-electron chi connectivity index (χ2n) is 9.58. The first-order chi connectivity index (χ1) is 20.6. The van der Waals surface area contributed by atoms with Crippen molar-refractivity contribution in [2.45, 2.75) is 23.6 Å². The Kier molecular flexibility index (Phi) is 8.85. The highest BCUT2D eigenvalue weighted by Gasteiger charge is 2.30. The van der Waals surface area contributed by atoms with E-state index in [-0.39, 0.29) is 16.6 Å². The molecule has 5 rings (SSSR count). The lowest BCUT2D eigenvalue weighted by Gasteiger charge is -2.12. The maximum absolute atomic E-state index is 12.9. The van der Waals surface area contributed by atoms with Crippen LogP contribution in [0.4, 0.5) is 18.9 Å². The molecule has 2 heterocycles. The van der Waals surface area contributed by atoms with E-state index in [0.717, 1.165) is 23.3 Å². The number of benzene rings is 3. The molecule has 222 valence electrons. The van der Waals surface area contributed by atoms with Gasteiger partial charge in [-0.2, -0.15) is 18.2 Å². The largest absolute Gasteiger partial charge is 0.416 e. The minimum Gasteiger partial charge on any atom is -0.387 e. The summed E-state index contributed by atoms with van der Waals surface area (Å²) < 4.78 is 72.1. The number of aromatic nitrogens is 3. The smallest absolute Gasteiger partial charge is 0.387 e. The van der Waals surface area contributed by atoms with Crippen molar-refractivity contribution in [3.8, 4) is 22.8 Å². The molecule has 0 aliphatic heterocycles. The van der Waals surface area contributed by atoms with Crippen molar-refractivity contribution in [2.24, 2.45) is 0 Å². The highest BCUT2D eigenvalue weighted by atomic mass is 32.2. The molecule has 2 aromatic heterocycles. The highest BCUT2D eigenvalue weighted by molar-refractivity contribution is 7.92. The van der Waals surface area contributed by atoms with Crippen LogP contribution in [-0.4, -0.2) is 41.7 Å². The van der Waals surface area contributed by atoms with E-state index >= 15 is 0 Å². The van der Waals surface area contributed by atoms with Crippen LogP contribution in [0.2, 0.25) is 0 Å². The van der Waals surface area contributed by atoms with Crippen molar-refractivity contribution >= 4 is 15.7 Å². The third-order valence-electron chi connectivity index (χ3n) is 6.51. The number of nitrogens with zero attached hydrogens (tertiary/aromatic N) is 3. The van der Waals surface area contributed by atoms with E-state index < -0.39 is 27.9 Å². The van der Waals surface area contributed by atoms with E-state index in [1.807, 2.05) is 18.2 Å². The summed E-state index contributed by atoms with van der Waals surface area (Å²) in [4.78, 5) is 8.23. The second-order valence-corrected chi connectivity index (χ2v) is 11.3. The first-order valence-electron chi connectivity index (χ1n) is 13.1. The number of nitrogens with one attached hydrogen (secondary N) is 2. The van der Waals surface area contributed by atoms with Gasteiger partial charge in [-0.05, 0) is 73.1 Å². The summed E-state index contributed by atoms with van der Waals surface area (Å²) in [6.45, 7) is 1.01. The molecule has 13 heteroatoms. The molecule has 0 aliphatic rings. The first kappa shape index (κ1) is 29.9. The van der Waals surface area contributed by atoms with Gasteiger partial charge in [-0.3, -0.25) is 9.71 Å². The number of rotatable bonds is 11. The summed E-state index contributed by atoms with van der Waals surface area (Å²) in [5, 5.41) is 17.2. The fraction of sp³-hybridized carbons (Fsp3) is 0.167. The van der Waals surface area contributed by atoms with Gasteiger partial charge in [0.25, 0.3) is 15.9 Å². The molecule has 1 atom stereocenters. The molecule has 0 amide bonds.